The molecule has 1 aliphatic rings. The first-order valence-corrected chi connectivity index (χ1v) is 7.91. The largest absolute Gasteiger partial charge is 0.481 e. The first-order chi connectivity index (χ1) is 11.1. The molecule has 3 N–H and O–H groups in total. The van der Waals surface area contributed by atoms with Crippen molar-refractivity contribution in [3.8, 4) is 0 Å². The molecule has 2 amide bonds. The minimum absolute atomic E-state index is 0.0422. The van der Waals surface area contributed by atoms with Crippen molar-refractivity contribution in [3.05, 3.63) is 42.5 Å². The Hall–Kier alpha value is -2.56. The molecule has 2 aromatic carbocycles. The molecule has 0 spiro atoms. The van der Waals surface area contributed by atoms with Gasteiger partial charge in [-0.25, -0.2) is 4.79 Å². The van der Waals surface area contributed by atoms with E-state index in [2.05, 4.69) is 10.6 Å². The Kier molecular flexibility index (Phi) is 4.46. The number of amides is 2. The number of anilines is 1. The zero-order chi connectivity index (χ0) is 16.2. The van der Waals surface area contributed by atoms with Crippen LogP contribution in [-0.4, -0.2) is 23.1 Å². The standard InChI is InChI=1S/C18H20N2O3/c21-17(22)13-8-10-14(11-9-13)19-18(23)20-16-7-3-5-12-4-1-2-6-15(12)16/h1-7,13-14H,8-11H2,(H,21,22)(H2,19,20,23). The molecule has 5 nitrogen and oxygen atoms in total. The van der Waals surface area contributed by atoms with Gasteiger partial charge < -0.3 is 15.7 Å². The molecule has 0 atom stereocenters. The molecule has 5 heteroatoms. The average Bonchev–Trinajstić information content (AvgIpc) is 2.55. The molecule has 0 radical (unpaired) electrons. The number of carboxylic acids is 1. The first kappa shape index (κ1) is 15.3. The number of nitrogens with one attached hydrogen (secondary N) is 2. The van der Waals surface area contributed by atoms with E-state index >= 15 is 0 Å². The van der Waals surface area contributed by atoms with Crippen LogP contribution < -0.4 is 10.6 Å². The number of fused-ring (bicyclic) bond motifs is 1. The summed E-state index contributed by atoms with van der Waals surface area (Å²) in [6.45, 7) is 0. The maximum absolute atomic E-state index is 12.2. The van der Waals surface area contributed by atoms with E-state index < -0.39 is 5.97 Å². The summed E-state index contributed by atoms with van der Waals surface area (Å²) in [6, 6.07) is 13.5. The van der Waals surface area contributed by atoms with Crippen molar-refractivity contribution in [1.29, 1.82) is 0 Å². The Labute approximate surface area is 134 Å². The van der Waals surface area contributed by atoms with Crippen molar-refractivity contribution in [2.75, 3.05) is 5.32 Å². The van der Waals surface area contributed by atoms with Gasteiger partial charge in [-0.1, -0.05) is 36.4 Å². The summed E-state index contributed by atoms with van der Waals surface area (Å²) in [6.07, 6.45) is 2.66. The van der Waals surface area contributed by atoms with Gasteiger partial charge in [0, 0.05) is 11.4 Å². The van der Waals surface area contributed by atoms with Crippen LogP contribution in [0.1, 0.15) is 25.7 Å². The van der Waals surface area contributed by atoms with E-state index in [-0.39, 0.29) is 18.0 Å². The SMILES string of the molecule is O=C(Nc1cccc2ccccc12)NC1CCC(C(=O)O)CC1. The third-order valence-electron chi connectivity index (χ3n) is 4.45. The van der Waals surface area contributed by atoms with Crippen LogP contribution in [0.15, 0.2) is 42.5 Å². The minimum Gasteiger partial charge on any atom is -0.481 e. The zero-order valence-electron chi connectivity index (χ0n) is 12.8. The van der Waals surface area contributed by atoms with Crippen molar-refractivity contribution in [2.45, 2.75) is 31.7 Å². The molecule has 1 fully saturated rings. The third kappa shape index (κ3) is 3.62. The quantitative estimate of drug-likeness (QED) is 0.810. The van der Waals surface area contributed by atoms with Crippen molar-refractivity contribution >= 4 is 28.5 Å². The van der Waals surface area contributed by atoms with Gasteiger partial charge in [0.25, 0.3) is 0 Å². The topological polar surface area (TPSA) is 78.4 Å². The second-order valence-electron chi connectivity index (χ2n) is 6.01. The minimum atomic E-state index is -0.733. The number of urea groups is 1. The molecule has 0 aromatic heterocycles. The molecule has 1 saturated carbocycles. The lowest BCUT2D eigenvalue weighted by Gasteiger charge is -2.26. The second kappa shape index (κ2) is 6.69. The highest BCUT2D eigenvalue weighted by Gasteiger charge is 2.26. The van der Waals surface area contributed by atoms with Gasteiger partial charge in [-0.3, -0.25) is 4.79 Å². The van der Waals surface area contributed by atoms with E-state index in [4.69, 9.17) is 5.11 Å². The number of carbonyl (C=O) groups is 2. The molecule has 0 bridgehead atoms. The average molecular weight is 312 g/mol. The summed E-state index contributed by atoms with van der Waals surface area (Å²) in [5.74, 6) is -1.00. The normalized spacial score (nSPS) is 20.9. The molecule has 1 aliphatic carbocycles. The summed E-state index contributed by atoms with van der Waals surface area (Å²) in [4.78, 5) is 23.2. The highest BCUT2D eigenvalue weighted by Crippen LogP contribution is 2.25. The lowest BCUT2D eigenvalue weighted by Crippen LogP contribution is -2.41. The molecule has 120 valence electrons. The van der Waals surface area contributed by atoms with Gasteiger partial charge in [-0.15, -0.1) is 0 Å². The highest BCUT2D eigenvalue weighted by atomic mass is 16.4. The van der Waals surface area contributed by atoms with E-state index in [9.17, 15) is 9.59 Å². The van der Waals surface area contributed by atoms with Crippen molar-refractivity contribution in [3.63, 3.8) is 0 Å². The van der Waals surface area contributed by atoms with Gasteiger partial charge in [0.05, 0.1) is 11.6 Å². The molecule has 2 aromatic rings. The van der Waals surface area contributed by atoms with Crippen LogP contribution in [0.2, 0.25) is 0 Å². The number of carbonyl (C=O) groups excluding carboxylic acids is 1. The Morgan fingerprint density at radius 3 is 2.39 bits per heavy atom. The van der Waals surface area contributed by atoms with Crippen LogP contribution in [-0.2, 0) is 4.79 Å². The van der Waals surface area contributed by atoms with Gasteiger partial charge in [0.15, 0.2) is 0 Å². The molecule has 0 heterocycles. The number of hydrogen-bond acceptors (Lipinski definition) is 2. The second-order valence-corrected chi connectivity index (χ2v) is 6.01. The van der Waals surface area contributed by atoms with Gasteiger partial charge in [0.1, 0.15) is 0 Å². The van der Waals surface area contributed by atoms with E-state index in [1.165, 1.54) is 0 Å². The molecule has 0 saturated heterocycles. The summed E-state index contributed by atoms with van der Waals surface area (Å²) in [5, 5.41) is 16.9. The lowest BCUT2D eigenvalue weighted by molar-refractivity contribution is -0.142. The van der Waals surface area contributed by atoms with Crippen LogP contribution in [0.25, 0.3) is 10.8 Å². The molecular weight excluding hydrogens is 292 g/mol. The van der Waals surface area contributed by atoms with Crippen LogP contribution in [0, 0.1) is 5.92 Å². The number of benzene rings is 2. The maximum atomic E-state index is 12.2. The maximum Gasteiger partial charge on any atom is 0.319 e. The fourth-order valence-electron chi connectivity index (χ4n) is 3.16. The molecule has 23 heavy (non-hydrogen) atoms. The lowest BCUT2D eigenvalue weighted by atomic mass is 9.86. The Balaban J connectivity index is 1.60. The fourth-order valence-corrected chi connectivity index (χ4v) is 3.16. The fraction of sp³-hybridized carbons (Fsp3) is 0.333. The van der Waals surface area contributed by atoms with E-state index in [1.54, 1.807) is 0 Å². The van der Waals surface area contributed by atoms with Crippen LogP contribution >= 0.6 is 0 Å². The summed E-state index contributed by atoms with van der Waals surface area (Å²) in [7, 11) is 0. The summed E-state index contributed by atoms with van der Waals surface area (Å²) >= 11 is 0. The molecule has 0 unspecified atom stereocenters. The van der Waals surface area contributed by atoms with Gasteiger partial charge in [0.2, 0.25) is 0 Å². The Bertz CT molecular complexity index is 716. The van der Waals surface area contributed by atoms with Crippen LogP contribution in [0.3, 0.4) is 0 Å². The number of carboxylic acid groups (broad SMARTS) is 1. The van der Waals surface area contributed by atoms with Gasteiger partial charge in [-0.05, 0) is 37.1 Å². The molecule has 3 rings (SSSR count). The predicted molar refractivity (Wildman–Crippen MR) is 89.5 cm³/mol. The number of rotatable bonds is 3. The highest BCUT2D eigenvalue weighted by molar-refractivity contribution is 6.01. The zero-order valence-corrected chi connectivity index (χ0v) is 12.8. The van der Waals surface area contributed by atoms with E-state index in [0.29, 0.717) is 25.7 Å². The van der Waals surface area contributed by atoms with Gasteiger partial charge >= 0.3 is 12.0 Å². The third-order valence-corrected chi connectivity index (χ3v) is 4.45. The first-order valence-electron chi connectivity index (χ1n) is 7.91. The van der Waals surface area contributed by atoms with Crippen molar-refractivity contribution in [2.24, 2.45) is 5.92 Å². The monoisotopic (exact) mass is 312 g/mol. The van der Waals surface area contributed by atoms with Crippen LogP contribution in [0.5, 0.6) is 0 Å². The predicted octanol–water partition coefficient (Wildman–Crippen LogP) is 3.60. The van der Waals surface area contributed by atoms with Crippen molar-refractivity contribution in [1.82, 2.24) is 5.32 Å². The van der Waals surface area contributed by atoms with Gasteiger partial charge in [-0.2, -0.15) is 0 Å². The Morgan fingerprint density at radius 1 is 0.957 bits per heavy atom. The van der Waals surface area contributed by atoms with Crippen LogP contribution in [0.4, 0.5) is 10.5 Å². The number of aliphatic carboxylic acids is 1. The summed E-state index contributed by atoms with van der Waals surface area (Å²) < 4.78 is 0. The summed E-state index contributed by atoms with van der Waals surface area (Å²) in [5.41, 5.74) is 0.778. The van der Waals surface area contributed by atoms with E-state index in [0.717, 1.165) is 16.5 Å². The molecule has 0 aliphatic heterocycles. The van der Waals surface area contributed by atoms with Crippen molar-refractivity contribution < 1.29 is 14.7 Å². The number of hydrogen-bond donors (Lipinski definition) is 3. The smallest absolute Gasteiger partial charge is 0.319 e. The molecular formula is C18H20N2O3. The Morgan fingerprint density at radius 2 is 1.65 bits per heavy atom. The van der Waals surface area contributed by atoms with E-state index in [1.807, 2.05) is 42.5 Å².